The zero-order valence-corrected chi connectivity index (χ0v) is 12.9. The smallest absolute Gasteiger partial charge is 0.320 e. The monoisotopic (exact) mass is 305 g/mol. The second-order valence-corrected chi connectivity index (χ2v) is 4.87. The molecule has 0 spiro atoms. The van der Waals surface area contributed by atoms with Gasteiger partial charge in [0.1, 0.15) is 0 Å². The first-order valence-electron chi connectivity index (χ1n) is 7.32. The standard InChI is InChI=1S/C14H27NO6/c1-3-6-12(17)21-13(18)7-8-15(2)11-14(19)20-10-5-4-9-16/h12,16-17H,3-11H2,1-2H3. The van der Waals surface area contributed by atoms with E-state index in [-0.39, 0.29) is 25.5 Å². The first-order valence-corrected chi connectivity index (χ1v) is 7.32. The maximum absolute atomic E-state index is 11.4. The third-order valence-electron chi connectivity index (χ3n) is 2.72. The lowest BCUT2D eigenvalue weighted by atomic mass is 10.3. The molecule has 0 heterocycles. The summed E-state index contributed by atoms with van der Waals surface area (Å²) in [6, 6.07) is 0. The Hall–Kier alpha value is -1.18. The van der Waals surface area contributed by atoms with Gasteiger partial charge in [-0.25, -0.2) is 0 Å². The van der Waals surface area contributed by atoms with E-state index in [1.54, 1.807) is 11.9 Å². The van der Waals surface area contributed by atoms with Crippen molar-refractivity contribution in [2.24, 2.45) is 0 Å². The molecule has 1 atom stereocenters. The molecule has 0 aliphatic heterocycles. The molecular weight excluding hydrogens is 278 g/mol. The summed E-state index contributed by atoms with van der Waals surface area (Å²) >= 11 is 0. The highest BCUT2D eigenvalue weighted by Gasteiger charge is 2.13. The lowest BCUT2D eigenvalue weighted by molar-refractivity contribution is -0.169. The lowest BCUT2D eigenvalue weighted by Gasteiger charge is -2.16. The molecule has 0 saturated heterocycles. The predicted molar refractivity (Wildman–Crippen MR) is 76.4 cm³/mol. The van der Waals surface area contributed by atoms with E-state index in [1.165, 1.54) is 0 Å². The van der Waals surface area contributed by atoms with E-state index in [0.29, 0.717) is 32.4 Å². The Morgan fingerprint density at radius 1 is 1.24 bits per heavy atom. The third kappa shape index (κ3) is 12.3. The fourth-order valence-corrected chi connectivity index (χ4v) is 1.54. The number of hydrogen-bond donors (Lipinski definition) is 2. The summed E-state index contributed by atoms with van der Waals surface area (Å²) in [5.74, 6) is -0.853. The lowest BCUT2D eigenvalue weighted by Crippen LogP contribution is -2.30. The van der Waals surface area contributed by atoms with Crippen LogP contribution in [0.2, 0.25) is 0 Å². The fraction of sp³-hybridized carbons (Fsp3) is 0.857. The molecule has 0 fully saturated rings. The van der Waals surface area contributed by atoms with Gasteiger partial charge in [-0.1, -0.05) is 13.3 Å². The quantitative estimate of drug-likeness (QED) is 0.304. The van der Waals surface area contributed by atoms with E-state index in [4.69, 9.17) is 14.6 Å². The Kier molecular flexibility index (Phi) is 11.8. The van der Waals surface area contributed by atoms with Crippen molar-refractivity contribution in [1.82, 2.24) is 4.90 Å². The first kappa shape index (κ1) is 19.8. The summed E-state index contributed by atoms with van der Waals surface area (Å²) in [7, 11) is 1.70. The van der Waals surface area contributed by atoms with Crippen molar-refractivity contribution in [3.63, 3.8) is 0 Å². The van der Waals surface area contributed by atoms with Gasteiger partial charge in [0.25, 0.3) is 0 Å². The highest BCUT2D eigenvalue weighted by Crippen LogP contribution is 2.01. The van der Waals surface area contributed by atoms with Crippen LogP contribution in [0.5, 0.6) is 0 Å². The molecule has 1 unspecified atom stereocenters. The van der Waals surface area contributed by atoms with Crippen LogP contribution in [0.15, 0.2) is 0 Å². The summed E-state index contributed by atoms with van der Waals surface area (Å²) < 4.78 is 9.76. The topological polar surface area (TPSA) is 96.3 Å². The molecule has 0 bridgehead atoms. The van der Waals surface area contributed by atoms with Gasteiger partial charge in [0.2, 0.25) is 6.29 Å². The van der Waals surface area contributed by atoms with E-state index in [9.17, 15) is 14.7 Å². The number of unbranched alkanes of at least 4 members (excludes halogenated alkanes) is 1. The number of carbonyl (C=O) groups excluding carboxylic acids is 2. The van der Waals surface area contributed by atoms with Crippen LogP contribution in [-0.2, 0) is 19.1 Å². The van der Waals surface area contributed by atoms with E-state index < -0.39 is 12.3 Å². The number of aliphatic hydroxyl groups excluding tert-OH is 2. The minimum Gasteiger partial charge on any atom is -0.465 e. The number of aliphatic hydroxyl groups is 2. The Balaban J connectivity index is 3.71. The second-order valence-electron chi connectivity index (χ2n) is 4.87. The molecule has 0 aromatic carbocycles. The Morgan fingerprint density at radius 2 is 1.95 bits per heavy atom. The molecule has 0 rings (SSSR count). The van der Waals surface area contributed by atoms with Gasteiger partial charge in [-0.3, -0.25) is 14.5 Å². The van der Waals surface area contributed by atoms with E-state index in [1.807, 2.05) is 6.92 Å². The molecule has 124 valence electrons. The molecule has 21 heavy (non-hydrogen) atoms. The molecule has 7 heteroatoms. The summed E-state index contributed by atoms with van der Waals surface area (Å²) in [6.45, 7) is 2.70. The largest absolute Gasteiger partial charge is 0.465 e. The van der Waals surface area contributed by atoms with Gasteiger partial charge in [0.15, 0.2) is 0 Å². The van der Waals surface area contributed by atoms with Crippen LogP contribution in [-0.4, -0.2) is 66.7 Å². The molecule has 0 saturated carbocycles. The van der Waals surface area contributed by atoms with Crippen molar-refractivity contribution in [1.29, 1.82) is 0 Å². The van der Waals surface area contributed by atoms with Crippen molar-refractivity contribution in [2.45, 2.75) is 45.3 Å². The zero-order chi connectivity index (χ0) is 16.1. The van der Waals surface area contributed by atoms with Gasteiger partial charge < -0.3 is 19.7 Å². The summed E-state index contributed by atoms with van der Waals surface area (Å²) in [5, 5.41) is 17.9. The van der Waals surface area contributed by atoms with Crippen molar-refractivity contribution < 1.29 is 29.3 Å². The maximum Gasteiger partial charge on any atom is 0.320 e. The molecular formula is C14H27NO6. The van der Waals surface area contributed by atoms with E-state index in [0.717, 1.165) is 6.42 Å². The van der Waals surface area contributed by atoms with Gasteiger partial charge in [-0.15, -0.1) is 0 Å². The van der Waals surface area contributed by atoms with Crippen molar-refractivity contribution in [3.05, 3.63) is 0 Å². The number of esters is 2. The Bertz CT molecular complexity index is 297. The van der Waals surface area contributed by atoms with Crippen molar-refractivity contribution >= 4 is 11.9 Å². The summed E-state index contributed by atoms with van der Waals surface area (Å²) in [6.07, 6.45) is 1.44. The van der Waals surface area contributed by atoms with Crippen LogP contribution >= 0.6 is 0 Å². The average molecular weight is 305 g/mol. The molecule has 0 aromatic heterocycles. The number of likely N-dealkylation sites (N-methyl/N-ethyl adjacent to an activating group) is 1. The van der Waals surface area contributed by atoms with Crippen LogP contribution in [0, 0.1) is 0 Å². The predicted octanol–water partition coefficient (Wildman–Crippen LogP) is 0.286. The second kappa shape index (κ2) is 12.6. The van der Waals surface area contributed by atoms with Gasteiger partial charge in [0.05, 0.1) is 19.6 Å². The molecule has 0 amide bonds. The summed E-state index contributed by atoms with van der Waals surface area (Å²) in [4.78, 5) is 24.5. The van der Waals surface area contributed by atoms with Crippen LogP contribution < -0.4 is 0 Å². The van der Waals surface area contributed by atoms with Gasteiger partial charge in [0, 0.05) is 19.6 Å². The SMILES string of the molecule is CCCC(O)OC(=O)CCN(C)CC(=O)OCCCCO. The number of hydrogen-bond acceptors (Lipinski definition) is 7. The van der Waals surface area contributed by atoms with E-state index in [2.05, 4.69) is 0 Å². The van der Waals surface area contributed by atoms with Crippen LogP contribution in [0.1, 0.15) is 39.0 Å². The highest BCUT2D eigenvalue weighted by atomic mass is 16.6. The summed E-state index contributed by atoms with van der Waals surface area (Å²) in [5.41, 5.74) is 0. The van der Waals surface area contributed by atoms with Crippen LogP contribution in [0.4, 0.5) is 0 Å². The van der Waals surface area contributed by atoms with Gasteiger partial charge in [-0.2, -0.15) is 0 Å². The number of nitrogens with zero attached hydrogens (tertiary/aromatic N) is 1. The zero-order valence-electron chi connectivity index (χ0n) is 12.9. The maximum atomic E-state index is 11.4. The highest BCUT2D eigenvalue weighted by molar-refractivity contribution is 5.72. The molecule has 2 N–H and O–H groups in total. The molecule has 0 aromatic rings. The van der Waals surface area contributed by atoms with Gasteiger partial charge in [-0.05, 0) is 19.9 Å². The van der Waals surface area contributed by atoms with Crippen molar-refractivity contribution in [2.75, 3.05) is 33.4 Å². The molecule has 0 radical (unpaired) electrons. The number of rotatable bonds is 12. The van der Waals surface area contributed by atoms with Crippen LogP contribution in [0.3, 0.4) is 0 Å². The molecule has 7 nitrogen and oxygen atoms in total. The minimum absolute atomic E-state index is 0.0868. The van der Waals surface area contributed by atoms with Gasteiger partial charge >= 0.3 is 11.9 Å². The molecule has 0 aliphatic carbocycles. The van der Waals surface area contributed by atoms with Crippen LogP contribution in [0.25, 0.3) is 0 Å². The van der Waals surface area contributed by atoms with Crippen molar-refractivity contribution in [3.8, 4) is 0 Å². The Morgan fingerprint density at radius 3 is 2.57 bits per heavy atom. The fourth-order valence-electron chi connectivity index (χ4n) is 1.54. The normalized spacial score (nSPS) is 12.2. The van der Waals surface area contributed by atoms with E-state index >= 15 is 0 Å². The third-order valence-corrected chi connectivity index (χ3v) is 2.72. The number of carbonyl (C=O) groups is 2. The Labute approximate surface area is 125 Å². The minimum atomic E-state index is -1.05. The molecule has 0 aliphatic rings. The number of ether oxygens (including phenoxy) is 2. The first-order chi connectivity index (χ1) is 9.99. The average Bonchev–Trinajstić information content (AvgIpc) is 2.41.